The van der Waals surface area contributed by atoms with Crippen LogP contribution in [0.2, 0.25) is 5.02 Å². The van der Waals surface area contributed by atoms with Crippen LogP contribution in [0.5, 0.6) is 0 Å². The van der Waals surface area contributed by atoms with E-state index < -0.39 is 0 Å². The molecule has 0 aliphatic rings. The van der Waals surface area contributed by atoms with Crippen molar-refractivity contribution in [2.45, 2.75) is 13.1 Å². The van der Waals surface area contributed by atoms with Gasteiger partial charge in [-0.05, 0) is 0 Å². The smallest absolute Gasteiger partial charge is 0.287 e. The molecule has 2 rings (SSSR count). The summed E-state index contributed by atoms with van der Waals surface area (Å²) in [5.74, 6) is 0.640. The third kappa shape index (κ3) is 2.60. The Hall–Kier alpha value is -2.08. The van der Waals surface area contributed by atoms with Crippen LogP contribution < -0.4 is 10.9 Å². The van der Waals surface area contributed by atoms with Crippen molar-refractivity contribution >= 4 is 17.3 Å². The molecule has 0 aliphatic heterocycles. The summed E-state index contributed by atoms with van der Waals surface area (Å²) in [6, 6.07) is 1.72. The zero-order chi connectivity index (χ0) is 13.0. The molecule has 0 saturated carbocycles. The van der Waals surface area contributed by atoms with Crippen LogP contribution in [0.4, 0.5) is 5.69 Å². The van der Waals surface area contributed by atoms with E-state index in [2.05, 4.69) is 22.2 Å². The summed E-state index contributed by atoms with van der Waals surface area (Å²) >= 11 is 5.96. The van der Waals surface area contributed by atoms with Crippen LogP contribution in [-0.2, 0) is 13.1 Å². The molecule has 0 fully saturated rings. The molecule has 0 bridgehead atoms. The molecular weight excluding hydrogens is 256 g/mol. The highest BCUT2D eigenvalue weighted by Gasteiger charge is 2.08. The van der Waals surface area contributed by atoms with Crippen molar-refractivity contribution in [2.75, 3.05) is 5.32 Å². The van der Waals surface area contributed by atoms with E-state index in [0.29, 0.717) is 24.5 Å². The zero-order valence-corrected chi connectivity index (χ0v) is 10.2. The summed E-state index contributed by atoms with van der Waals surface area (Å²) in [6.07, 6.45) is 4.61. The SMILES string of the molecule is C=CCn1ncc(NCc2ccno2)c(Cl)c1=O. The minimum Gasteiger partial charge on any atom is -0.375 e. The molecular formula is C11H11ClN4O2. The molecule has 0 saturated heterocycles. The highest BCUT2D eigenvalue weighted by atomic mass is 35.5. The second kappa shape index (κ2) is 5.50. The number of nitrogens with zero attached hydrogens (tertiary/aromatic N) is 3. The van der Waals surface area contributed by atoms with Crippen molar-refractivity contribution in [1.29, 1.82) is 0 Å². The number of hydrogen-bond donors (Lipinski definition) is 1. The lowest BCUT2D eigenvalue weighted by Crippen LogP contribution is -2.23. The molecule has 1 N–H and O–H groups in total. The Labute approximate surface area is 108 Å². The van der Waals surface area contributed by atoms with Crippen molar-refractivity contribution in [3.8, 4) is 0 Å². The van der Waals surface area contributed by atoms with Gasteiger partial charge in [0.25, 0.3) is 5.56 Å². The maximum Gasteiger partial charge on any atom is 0.287 e. The van der Waals surface area contributed by atoms with Gasteiger partial charge < -0.3 is 9.84 Å². The van der Waals surface area contributed by atoms with Gasteiger partial charge in [-0.3, -0.25) is 4.79 Å². The standard InChI is InChI=1S/C11H11ClN4O2/c1-2-5-16-11(17)10(12)9(7-14-16)13-6-8-3-4-15-18-8/h2-4,7,13H,1,5-6H2. The quantitative estimate of drug-likeness (QED) is 0.834. The number of hydrogen-bond acceptors (Lipinski definition) is 5. The number of anilines is 1. The van der Waals surface area contributed by atoms with E-state index >= 15 is 0 Å². The second-order valence-electron chi connectivity index (χ2n) is 3.48. The van der Waals surface area contributed by atoms with Gasteiger partial charge in [0, 0.05) is 6.07 Å². The van der Waals surface area contributed by atoms with Crippen molar-refractivity contribution in [1.82, 2.24) is 14.9 Å². The number of aromatic nitrogens is 3. The average Bonchev–Trinajstić information content (AvgIpc) is 2.87. The second-order valence-corrected chi connectivity index (χ2v) is 3.86. The van der Waals surface area contributed by atoms with Gasteiger partial charge in [-0.1, -0.05) is 22.8 Å². The van der Waals surface area contributed by atoms with E-state index in [0.717, 1.165) is 0 Å². The third-order valence-electron chi connectivity index (χ3n) is 2.23. The molecule has 0 radical (unpaired) electrons. The van der Waals surface area contributed by atoms with Gasteiger partial charge in [-0.25, -0.2) is 4.68 Å². The molecule has 0 spiro atoms. The van der Waals surface area contributed by atoms with Crippen molar-refractivity contribution in [2.24, 2.45) is 0 Å². The zero-order valence-electron chi connectivity index (χ0n) is 9.47. The van der Waals surface area contributed by atoms with E-state index in [1.165, 1.54) is 10.9 Å². The Kier molecular flexibility index (Phi) is 3.78. The number of rotatable bonds is 5. The first kappa shape index (κ1) is 12.4. The summed E-state index contributed by atoms with van der Waals surface area (Å²) in [7, 11) is 0. The van der Waals surface area contributed by atoms with Gasteiger partial charge in [0.2, 0.25) is 0 Å². The summed E-state index contributed by atoms with van der Waals surface area (Å²) in [5, 5.41) is 10.6. The topological polar surface area (TPSA) is 73.0 Å². The maximum atomic E-state index is 11.8. The molecule has 94 valence electrons. The Morgan fingerprint density at radius 3 is 3.11 bits per heavy atom. The Balaban J connectivity index is 2.16. The lowest BCUT2D eigenvalue weighted by molar-refractivity contribution is 0.388. The number of allylic oxidation sites excluding steroid dienone is 1. The van der Waals surface area contributed by atoms with Gasteiger partial charge >= 0.3 is 0 Å². The fraction of sp³-hybridized carbons (Fsp3) is 0.182. The summed E-state index contributed by atoms with van der Waals surface area (Å²) < 4.78 is 6.15. The molecule has 2 aromatic rings. The lowest BCUT2D eigenvalue weighted by Gasteiger charge is -2.07. The van der Waals surface area contributed by atoms with Crippen LogP contribution in [0, 0.1) is 0 Å². The van der Waals surface area contributed by atoms with Crippen LogP contribution in [0.1, 0.15) is 5.76 Å². The predicted molar refractivity (Wildman–Crippen MR) is 67.5 cm³/mol. The van der Waals surface area contributed by atoms with Gasteiger partial charge in [0.15, 0.2) is 5.76 Å². The van der Waals surface area contributed by atoms with Crippen molar-refractivity contribution in [3.05, 3.63) is 52.3 Å². The Morgan fingerprint density at radius 2 is 2.44 bits per heavy atom. The first-order valence-electron chi connectivity index (χ1n) is 5.22. The minimum absolute atomic E-state index is 0.0892. The van der Waals surface area contributed by atoms with E-state index in [-0.39, 0.29) is 10.6 Å². The van der Waals surface area contributed by atoms with E-state index in [9.17, 15) is 4.79 Å². The van der Waals surface area contributed by atoms with Gasteiger partial charge in [-0.2, -0.15) is 5.10 Å². The first-order valence-corrected chi connectivity index (χ1v) is 5.60. The summed E-state index contributed by atoms with van der Waals surface area (Å²) in [5.41, 5.74) is 0.0949. The van der Waals surface area contributed by atoms with Crippen LogP contribution in [0.15, 0.2) is 40.4 Å². The van der Waals surface area contributed by atoms with E-state index in [1.807, 2.05) is 0 Å². The maximum absolute atomic E-state index is 11.8. The summed E-state index contributed by atoms with van der Waals surface area (Å²) in [6.45, 7) is 4.24. The minimum atomic E-state index is -0.362. The fourth-order valence-electron chi connectivity index (χ4n) is 1.36. The van der Waals surface area contributed by atoms with E-state index in [1.54, 1.807) is 18.3 Å². The van der Waals surface area contributed by atoms with Crippen LogP contribution in [0.3, 0.4) is 0 Å². The van der Waals surface area contributed by atoms with Crippen LogP contribution in [0.25, 0.3) is 0 Å². The molecule has 0 aromatic carbocycles. The van der Waals surface area contributed by atoms with Crippen molar-refractivity contribution in [3.63, 3.8) is 0 Å². The lowest BCUT2D eigenvalue weighted by atomic mass is 10.4. The fourth-order valence-corrected chi connectivity index (χ4v) is 1.57. The van der Waals surface area contributed by atoms with Crippen LogP contribution in [-0.4, -0.2) is 14.9 Å². The number of nitrogens with one attached hydrogen (secondary N) is 1. The van der Waals surface area contributed by atoms with Gasteiger partial charge in [0.05, 0.1) is 31.2 Å². The van der Waals surface area contributed by atoms with Gasteiger partial charge in [0.1, 0.15) is 5.02 Å². The molecule has 0 unspecified atom stereocenters. The van der Waals surface area contributed by atoms with Gasteiger partial charge in [-0.15, -0.1) is 6.58 Å². The monoisotopic (exact) mass is 266 g/mol. The summed E-state index contributed by atoms with van der Waals surface area (Å²) in [4.78, 5) is 11.8. The largest absolute Gasteiger partial charge is 0.375 e. The van der Waals surface area contributed by atoms with Crippen LogP contribution >= 0.6 is 11.6 Å². The Morgan fingerprint density at radius 1 is 1.61 bits per heavy atom. The molecule has 0 aliphatic carbocycles. The van der Waals surface area contributed by atoms with E-state index in [4.69, 9.17) is 16.1 Å². The van der Waals surface area contributed by atoms with Crippen molar-refractivity contribution < 1.29 is 4.52 Å². The molecule has 0 amide bonds. The average molecular weight is 267 g/mol. The molecule has 2 aromatic heterocycles. The molecule has 18 heavy (non-hydrogen) atoms. The first-order chi connectivity index (χ1) is 8.72. The highest BCUT2D eigenvalue weighted by Crippen LogP contribution is 2.16. The third-order valence-corrected chi connectivity index (χ3v) is 2.60. The molecule has 6 nitrogen and oxygen atoms in total. The predicted octanol–water partition coefficient (Wildman–Crippen LogP) is 1.68. The molecule has 2 heterocycles. The highest BCUT2D eigenvalue weighted by molar-refractivity contribution is 6.32. The normalized spacial score (nSPS) is 10.3. The number of halogens is 1. The molecule has 7 heteroatoms. The molecule has 0 atom stereocenters. The Bertz CT molecular complexity index is 592.